The number of halogens is 2. The minimum absolute atomic E-state index is 0.302. The molecule has 4 heteroatoms. The number of aryl methyl sites for hydroxylation is 1. The van der Waals surface area contributed by atoms with Crippen LogP contribution in [0.1, 0.15) is 5.56 Å². The van der Waals surface area contributed by atoms with Gasteiger partial charge in [-0.1, -0.05) is 11.6 Å². The molecule has 0 atom stereocenters. The van der Waals surface area contributed by atoms with E-state index in [9.17, 15) is 4.39 Å². The fourth-order valence-electron chi connectivity index (χ4n) is 1.49. The average molecular weight is 251 g/mol. The molecule has 0 aliphatic carbocycles. The molecule has 2 nitrogen and oxygen atoms in total. The van der Waals surface area contributed by atoms with Crippen LogP contribution < -0.4 is 11.1 Å². The fourth-order valence-corrected chi connectivity index (χ4v) is 1.62. The van der Waals surface area contributed by atoms with Gasteiger partial charge >= 0.3 is 0 Å². The summed E-state index contributed by atoms with van der Waals surface area (Å²) in [6.07, 6.45) is 0. The molecule has 0 aliphatic rings. The molecule has 2 aromatic carbocycles. The van der Waals surface area contributed by atoms with Gasteiger partial charge in [-0.25, -0.2) is 4.39 Å². The van der Waals surface area contributed by atoms with Crippen molar-refractivity contribution >= 4 is 28.7 Å². The molecule has 2 aromatic rings. The third kappa shape index (κ3) is 2.68. The van der Waals surface area contributed by atoms with Crippen molar-refractivity contribution in [3.05, 3.63) is 52.8 Å². The molecular weight excluding hydrogens is 239 g/mol. The Morgan fingerprint density at radius 2 is 1.82 bits per heavy atom. The number of hydrogen-bond acceptors (Lipinski definition) is 2. The topological polar surface area (TPSA) is 38.0 Å². The predicted octanol–water partition coefficient (Wildman–Crippen LogP) is 4.11. The molecule has 0 saturated heterocycles. The molecule has 0 unspecified atom stereocenters. The summed E-state index contributed by atoms with van der Waals surface area (Å²) in [5.74, 6) is -0.302. The van der Waals surface area contributed by atoms with Crippen LogP contribution in [0, 0.1) is 12.7 Å². The van der Waals surface area contributed by atoms with E-state index in [0.717, 1.165) is 5.69 Å². The van der Waals surface area contributed by atoms with Crippen molar-refractivity contribution in [3.8, 4) is 0 Å². The smallest absolute Gasteiger partial charge is 0.128 e. The molecule has 0 bridgehead atoms. The third-order valence-electron chi connectivity index (χ3n) is 2.45. The number of anilines is 3. The maximum Gasteiger partial charge on any atom is 0.128 e. The monoisotopic (exact) mass is 250 g/mol. The minimum Gasteiger partial charge on any atom is -0.397 e. The Hall–Kier alpha value is -1.74. The first kappa shape index (κ1) is 11.7. The molecule has 17 heavy (non-hydrogen) atoms. The van der Waals surface area contributed by atoms with Crippen LogP contribution in [0.4, 0.5) is 21.5 Å². The van der Waals surface area contributed by atoms with Gasteiger partial charge in [-0.15, -0.1) is 0 Å². The number of nitrogen functional groups attached to an aromatic ring is 1. The largest absolute Gasteiger partial charge is 0.397 e. The molecule has 0 amide bonds. The van der Waals surface area contributed by atoms with Crippen molar-refractivity contribution in [3.63, 3.8) is 0 Å². The van der Waals surface area contributed by atoms with Gasteiger partial charge in [0.1, 0.15) is 5.82 Å². The van der Waals surface area contributed by atoms with Crippen molar-refractivity contribution in [2.45, 2.75) is 6.92 Å². The second kappa shape index (κ2) is 4.63. The lowest BCUT2D eigenvalue weighted by molar-refractivity contribution is 0.619. The summed E-state index contributed by atoms with van der Waals surface area (Å²) in [6, 6.07) is 10.2. The van der Waals surface area contributed by atoms with Gasteiger partial charge in [-0.05, 0) is 48.9 Å². The lowest BCUT2D eigenvalue weighted by Crippen LogP contribution is -1.98. The van der Waals surface area contributed by atoms with E-state index >= 15 is 0 Å². The van der Waals surface area contributed by atoms with Crippen LogP contribution in [0.2, 0.25) is 5.02 Å². The summed E-state index contributed by atoms with van der Waals surface area (Å²) < 4.78 is 13.2. The van der Waals surface area contributed by atoms with Gasteiger partial charge in [0, 0.05) is 10.7 Å². The maximum atomic E-state index is 13.2. The van der Waals surface area contributed by atoms with Crippen molar-refractivity contribution in [1.29, 1.82) is 0 Å². The van der Waals surface area contributed by atoms with Gasteiger partial charge in [0.2, 0.25) is 0 Å². The van der Waals surface area contributed by atoms with Gasteiger partial charge in [0.15, 0.2) is 0 Å². The van der Waals surface area contributed by atoms with E-state index in [1.165, 1.54) is 6.07 Å². The highest BCUT2D eigenvalue weighted by molar-refractivity contribution is 6.30. The summed E-state index contributed by atoms with van der Waals surface area (Å²) in [6.45, 7) is 1.70. The number of benzene rings is 2. The minimum atomic E-state index is -0.302. The van der Waals surface area contributed by atoms with E-state index in [-0.39, 0.29) is 5.82 Å². The lowest BCUT2D eigenvalue weighted by Gasteiger charge is -2.11. The molecule has 88 valence electrons. The molecule has 0 saturated carbocycles. The summed E-state index contributed by atoms with van der Waals surface area (Å²) in [4.78, 5) is 0. The maximum absolute atomic E-state index is 13.2. The second-order valence-corrected chi connectivity index (χ2v) is 4.26. The fraction of sp³-hybridized carbons (Fsp3) is 0.0769. The first-order valence-corrected chi connectivity index (χ1v) is 5.52. The van der Waals surface area contributed by atoms with Gasteiger partial charge in [-0.3, -0.25) is 0 Å². The molecule has 2 rings (SSSR count). The Kier molecular flexibility index (Phi) is 3.20. The van der Waals surface area contributed by atoms with E-state index < -0.39 is 0 Å². The highest BCUT2D eigenvalue weighted by atomic mass is 35.5. The SMILES string of the molecule is Cc1cc(Nc2ccc(Cl)cc2)c(N)cc1F. The summed E-state index contributed by atoms with van der Waals surface area (Å²) in [7, 11) is 0. The van der Waals surface area contributed by atoms with Gasteiger partial charge in [0.05, 0.1) is 11.4 Å². The summed E-state index contributed by atoms with van der Waals surface area (Å²) >= 11 is 5.79. The normalized spacial score (nSPS) is 10.3. The van der Waals surface area contributed by atoms with Crippen molar-refractivity contribution in [2.75, 3.05) is 11.1 Å². The zero-order valence-electron chi connectivity index (χ0n) is 9.30. The van der Waals surface area contributed by atoms with Gasteiger partial charge in [-0.2, -0.15) is 0 Å². The standard InChI is InChI=1S/C13H12ClFN2/c1-8-6-13(12(16)7-11(8)15)17-10-4-2-9(14)3-5-10/h2-7,17H,16H2,1H3. The van der Waals surface area contributed by atoms with Crippen LogP contribution >= 0.6 is 11.6 Å². The van der Waals surface area contributed by atoms with Crippen LogP contribution in [0.3, 0.4) is 0 Å². The van der Waals surface area contributed by atoms with Crippen molar-refractivity contribution < 1.29 is 4.39 Å². The van der Waals surface area contributed by atoms with E-state index in [1.807, 2.05) is 12.1 Å². The highest BCUT2D eigenvalue weighted by Gasteiger charge is 2.05. The number of hydrogen-bond donors (Lipinski definition) is 2. The molecular formula is C13H12ClFN2. The number of nitrogens with one attached hydrogen (secondary N) is 1. The van der Waals surface area contributed by atoms with E-state index in [1.54, 1.807) is 25.1 Å². The van der Waals surface area contributed by atoms with Crippen LogP contribution in [0.5, 0.6) is 0 Å². The van der Waals surface area contributed by atoms with Crippen LogP contribution in [-0.2, 0) is 0 Å². The summed E-state index contributed by atoms with van der Waals surface area (Å²) in [5, 5.41) is 3.78. The Bertz CT molecular complexity index is 538. The van der Waals surface area contributed by atoms with Gasteiger partial charge in [0.25, 0.3) is 0 Å². The van der Waals surface area contributed by atoms with E-state index in [0.29, 0.717) is 22.0 Å². The first-order chi connectivity index (χ1) is 8.06. The zero-order valence-corrected chi connectivity index (χ0v) is 10.1. The highest BCUT2D eigenvalue weighted by Crippen LogP contribution is 2.26. The zero-order chi connectivity index (χ0) is 12.4. The van der Waals surface area contributed by atoms with Gasteiger partial charge < -0.3 is 11.1 Å². The van der Waals surface area contributed by atoms with Crippen LogP contribution in [0.15, 0.2) is 36.4 Å². The molecule has 0 spiro atoms. The first-order valence-electron chi connectivity index (χ1n) is 5.14. The molecule has 0 aliphatic heterocycles. The van der Waals surface area contributed by atoms with Crippen LogP contribution in [0.25, 0.3) is 0 Å². The quantitative estimate of drug-likeness (QED) is 0.787. The third-order valence-corrected chi connectivity index (χ3v) is 2.71. The Balaban J connectivity index is 2.30. The van der Waals surface area contributed by atoms with Crippen molar-refractivity contribution in [1.82, 2.24) is 0 Å². The molecule has 0 radical (unpaired) electrons. The van der Waals surface area contributed by atoms with Crippen molar-refractivity contribution in [2.24, 2.45) is 0 Å². The second-order valence-electron chi connectivity index (χ2n) is 3.82. The Morgan fingerprint density at radius 3 is 2.47 bits per heavy atom. The molecule has 0 heterocycles. The Labute approximate surface area is 104 Å². The summed E-state index contributed by atoms with van der Waals surface area (Å²) in [5.41, 5.74) is 8.21. The van der Waals surface area contributed by atoms with E-state index in [2.05, 4.69) is 5.32 Å². The Morgan fingerprint density at radius 1 is 1.18 bits per heavy atom. The molecule has 0 aromatic heterocycles. The van der Waals surface area contributed by atoms with E-state index in [4.69, 9.17) is 17.3 Å². The molecule has 0 fully saturated rings. The number of rotatable bonds is 2. The van der Waals surface area contributed by atoms with Crippen LogP contribution in [-0.4, -0.2) is 0 Å². The lowest BCUT2D eigenvalue weighted by atomic mass is 10.1. The average Bonchev–Trinajstić information content (AvgIpc) is 2.29. The predicted molar refractivity (Wildman–Crippen MR) is 70.3 cm³/mol. The number of nitrogens with two attached hydrogens (primary N) is 1. The molecule has 3 N–H and O–H groups in total.